The molecule has 1 aliphatic carbocycles. The topological polar surface area (TPSA) is 35.5 Å². The van der Waals surface area contributed by atoms with Crippen molar-refractivity contribution in [2.75, 3.05) is 13.7 Å². The summed E-state index contributed by atoms with van der Waals surface area (Å²) in [7, 11) is 1.38. The van der Waals surface area contributed by atoms with E-state index < -0.39 is 0 Å². The van der Waals surface area contributed by atoms with Gasteiger partial charge >= 0.3 is 5.97 Å². The van der Waals surface area contributed by atoms with Crippen molar-refractivity contribution < 1.29 is 14.3 Å². The summed E-state index contributed by atoms with van der Waals surface area (Å²) in [6.07, 6.45) is 9.99. The van der Waals surface area contributed by atoms with Crippen LogP contribution in [0.5, 0.6) is 0 Å². The molecule has 0 aliphatic heterocycles. The summed E-state index contributed by atoms with van der Waals surface area (Å²) in [6, 6.07) is 0. The summed E-state index contributed by atoms with van der Waals surface area (Å²) in [5, 5.41) is 0. The predicted molar refractivity (Wildman–Crippen MR) is 54.0 cm³/mol. The maximum Gasteiger partial charge on any atom is 0.331 e. The summed E-state index contributed by atoms with van der Waals surface area (Å²) in [4.78, 5) is 10.8. The van der Waals surface area contributed by atoms with Gasteiger partial charge in [-0.2, -0.15) is 0 Å². The number of hydrogen-bond donors (Lipinski definition) is 0. The third-order valence-electron chi connectivity index (χ3n) is 2.38. The molecule has 0 aromatic rings. The highest BCUT2D eigenvalue weighted by atomic mass is 16.6. The zero-order chi connectivity index (χ0) is 10.2. The first-order valence-electron chi connectivity index (χ1n) is 5.16. The Bertz CT molecular complexity index is 199. The lowest BCUT2D eigenvalue weighted by Crippen LogP contribution is -2.19. The van der Waals surface area contributed by atoms with Gasteiger partial charge in [-0.15, -0.1) is 0 Å². The number of hydrogen-bond acceptors (Lipinski definition) is 3. The van der Waals surface area contributed by atoms with Gasteiger partial charge in [0.1, 0.15) is 6.61 Å². The number of carbonyl (C=O) groups is 1. The van der Waals surface area contributed by atoms with E-state index in [1.807, 2.05) is 0 Å². The molecule has 0 aromatic heterocycles. The molecule has 0 fully saturated rings. The van der Waals surface area contributed by atoms with Gasteiger partial charge in [0, 0.05) is 0 Å². The van der Waals surface area contributed by atoms with Gasteiger partial charge in [0.2, 0.25) is 0 Å². The van der Waals surface area contributed by atoms with Gasteiger partial charge in [-0.1, -0.05) is 12.2 Å². The minimum absolute atomic E-state index is 0.0882. The van der Waals surface area contributed by atoms with Crippen LogP contribution in [-0.4, -0.2) is 25.8 Å². The van der Waals surface area contributed by atoms with E-state index >= 15 is 0 Å². The van der Waals surface area contributed by atoms with E-state index in [2.05, 4.69) is 16.9 Å². The third-order valence-corrected chi connectivity index (χ3v) is 2.38. The lowest BCUT2D eigenvalue weighted by atomic mass is 10.0. The lowest BCUT2D eigenvalue weighted by Gasteiger charge is -2.17. The van der Waals surface area contributed by atoms with Crippen LogP contribution in [-0.2, 0) is 14.3 Å². The van der Waals surface area contributed by atoms with Crippen molar-refractivity contribution in [2.24, 2.45) is 0 Å². The first-order chi connectivity index (χ1) is 6.83. The van der Waals surface area contributed by atoms with Gasteiger partial charge in [-0.3, -0.25) is 0 Å². The minimum atomic E-state index is -0.289. The van der Waals surface area contributed by atoms with Crippen molar-refractivity contribution >= 4 is 5.97 Å². The van der Waals surface area contributed by atoms with Gasteiger partial charge in [0.05, 0.1) is 13.2 Å². The van der Waals surface area contributed by atoms with Crippen molar-refractivity contribution in [3.05, 3.63) is 12.2 Å². The Balaban J connectivity index is 2.21. The molecule has 0 saturated carbocycles. The maximum absolute atomic E-state index is 10.8. The number of methoxy groups -OCH3 is 1. The highest BCUT2D eigenvalue weighted by Gasteiger charge is 2.11. The third kappa shape index (κ3) is 4.42. The SMILES string of the molecule is COC(=O)COC1CC/C=C\CCC1. The van der Waals surface area contributed by atoms with Gasteiger partial charge in [0.15, 0.2) is 0 Å². The normalized spacial score (nSPS) is 24.8. The Morgan fingerprint density at radius 2 is 2.14 bits per heavy atom. The molecule has 0 radical (unpaired) electrons. The van der Waals surface area contributed by atoms with Crippen molar-refractivity contribution in [2.45, 2.75) is 38.2 Å². The molecule has 0 N–H and O–H groups in total. The van der Waals surface area contributed by atoms with Crippen LogP contribution in [0.15, 0.2) is 12.2 Å². The van der Waals surface area contributed by atoms with Gasteiger partial charge < -0.3 is 9.47 Å². The second-order valence-electron chi connectivity index (χ2n) is 3.49. The Labute approximate surface area is 85.1 Å². The van der Waals surface area contributed by atoms with E-state index in [0.29, 0.717) is 0 Å². The summed E-state index contributed by atoms with van der Waals surface area (Å²) >= 11 is 0. The second-order valence-corrected chi connectivity index (χ2v) is 3.49. The van der Waals surface area contributed by atoms with Crippen molar-refractivity contribution in [1.29, 1.82) is 0 Å². The largest absolute Gasteiger partial charge is 0.467 e. The van der Waals surface area contributed by atoms with Gasteiger partial charge in [-0.25, -0.2) is 4.79 Å². The molecule has 0 heterocycles. The maximum atomic E-state index is 10.8. The van der Waals surface area contributed by atoms with Gasteiger partial charge in [-0.05, 0) is 32.1 Å². The highest BCUT2D eigenvalue weighted by molar-refractivity contribution is 5.70. The molecule has 0 amide bonds. The highest BCUT2D eigenvalue weighted by Crippen LogP contribution is 2.15. The molecule has 0 bridgehead atoms. The van der Waals surface area contributed by atoms with E-state index in [4.69, 9.17) is 4.74 Å². The predicted octanol–water partition coefficient (Wildman–Crippen LogP) is 2.06. The summed E-state index contributed by atoms with van der Waals surface area (Å²) in [5.41, 5.74) is 0. The fourth-order valence-electron chi connectivity index (χ4n) is 1.54. The van der Waals surface area contributed by atoms with Crippen molar-refractivity contribution in [1.82, 2.24) is 0 Å². The minimum Gasteiger partial charge on any atom is -0.467 e. The standard InChI is InChI=1S/C11H18O3/c1-13-11(12)9-14-10-7-5-3-2-4-6-8-10/h2-3,10H,4-9H2,1H3/b3-2-. The number of esters is 1. The average molecular weight is 198 g/mol. The van der Waals surface area contributed by atoms with Crippen LogP contribution in [0, 0.1) is 0 Å². The molecule has 0 aromatic carbocycles. The molecule has 1 unspecified atom stereocenters. The second kappa shape index (κ2) is 6.60. The molecule has 80 valence electrons. The Hall–Kier alpha value is -0.830. The molecule has 14 heavy (non-hydrogen) atoms. The molecular formula is C11H18O3. The molecule has 3 heteroatoms. The van der Waals surface area contributed by atoms with Crippen molar-refractivity contribution in [3.63, 3.8) is 0 Å². The summed E-state index contributed by atoms with van der Waals surface area (Å²) in [5.74, 6) is -0.289. The van der Waals surface area contributed by atoms with Crippen LogP contribution in [0.1, 0.15) is 32.1 Å². The molecule has 1 aliphatic rings. The van der Waals surface area contributed by atoms with Crippen LogP contribution >= 0.6 is 0 Å². The molecule has 1 atom stereocenters. The zero-order valence-corrected chi connectivity index (χ0v) is 8.70. The van der Waals surface area contributed by atoms with E-state index in [9.17, 15) is 4.79 Å². The number of allylic oxidation sites excluding steroid dienone is 2. The van der Waals surface area contributed by atoms with Crippen LogP contribution in [0.4, 0.5) is 0 Å². The first kappa shape index (κ1) is 11.2. The number of rotatable bonds is 3. The molecule has 0 spiro atoms. The van der Waals surface area contributed by atoms with E-state index in [1.165, 1.54) is 7.11 Å². The smallest absolute Gasteiger partial charge is 0.331 e. The van der Waals surface area contributed by atoms with E-state index in [-0.39, 0.29) is 18.7 Å². The summed E-state index contributed by atoms with van der Waals surface area (Å²) in [6.45, 7) is 0.0882. The molecule has 1 rings (SSSR count). The lowest BCUT2D eigenvalue weighted by molar-refractivity contribution is -0.148. The van der Waals surface area contributed by atoms with E-state index in [0.717, 1.165) is 32.1 Å². The Morgan fingerprint density at radius 3 is 2.93 bits per heavy atom. The molecular weight excluding hydrogens is 180 g/mol. The average Bonchev–Trinajstić information content (AvgIpc) is 2.15. The molecule has 0 saturated heterocycles. The fourth-order valence-corrected chi connectivity index (χ4v) is 1.54. The fraction of sp³-hybridized carbons (Fsp3) is 0.727. The monoisotopic (exact) mass is 198 g/mol. The Morgan fingerprint density at radius 1 is 1.36 bits per heavy atom. The van der Waals surface area contributed by atoms with Crippen LogP contribution in [0.25, 0.3) is 0 Å². The number of carbonyl (C=O) groups excluding carboxylic acids is 1. The molecule has 3 nitrogen and oxygen atoms in total. The van der Waals surface area contributed by atoms with Crippen LogP contribution in [0.3, 0.4) is 0 Å². The first-order valence-corrected chi connectivity index (χ1v) is 5.16. The quantitative estimate of drug-likeness (QED) is 0.514. The van der Waals surface area contributed by atoms with Crippen LogP contribution in [0.2, 0.25) is 0 Å². The van der Waals surface area contributed by atoms with Gasteiger partial charge in [0.25, 0.3) is 0 Å². The van der Waals surface area contributed by atoms with E-state index in [1.54, 1.807) is 0 Å². The van der Waals surface area contributed by atoms with Crippen molar-refractivity contribution in [3.8, 4) is 0 Å². The Kier molecular flexibility index (Phi) is 5.30. The number of ether oxygens (including phenoxy) is 2. The summed E-state index contributed by atoms with van der Waals surface area (Å²) < 4.78 is 9.98. The zero-order valence-electron chi connectivity index (χ0n) is 8.70. The van der Waals surface area contributed by atoms with Crippen LogP contribution < -0.4 is 0 Å².